The number of amides is 1. The maximum atomic E-state index is 13.2. The fraction of sp³-hybridized carbons (Fsp3) is 0.100. The Labute approximate surface area is 162 Å². The maximum absolute atomic E-state index is 13.2. The van der Waals surface area contributed by atoms with Gasteiger partial charge in [-0.3, -0.25) is 4.79 Å². The summed E-state index contributed by atoms with van der Waals surface area (Å²) in [5, 5.41) is 11.7. The van der Waals surface area contributed by atoms with Crippen molar-refractivity contribution < 1.29 is 4.79 Å². The third kappa shape index (κ3) is 2.82. The molecule has 130 valence electrons. The molecule has 1 amide bonds. The lowest BCUT2D eigenvalue weighted by Gasteiger charge is -2.23. The van der Waals surface area contributed by atoms with E-state index in [1.807, 2.05) is 48.5 Å². The van der Waals surface area contributed by atoms with Crippen LogP contribution in [0.4, 0.5) is 5.69 Å². The Hall–Kier alpha value is -2.52. The standard InChI is InChI=1S/C20H15N3OS.ClH/c21-10-11-23-18-14(12-22)5-3-7-17(18)25-19-15-6-2-1-4-13(15)8-9-16(19)20(23)24;/h1-9H,10-11,21H2;1H. The van der Waals surface area contributed by atoms with E-state index in [2.05, 4.69) is 6.07 Å². The molecule has 2 N–H and O–H groups in total. The van der Waals surface area contributed by atoms with Gasteiger partial charge in [0.2, 0.25) is 0 Å². The monoisotopic (exact) mass is 381 g/mol. The van der Waals surface area contributed by atoms with Crippen LogP contribution < -0.4 is 10.6 Å². The van der Waals surface area contributed by atoms with Crippen LogP contribution in [0.3, 0.4) is 0 Å². The summed E-state index contributed by atoms with van der Waals surface area (Å²) in [6, 6.07) is 19.6. The Morgan fingerprint density at radius 2 is 1.88 bits per heavy atom. The number of hydrogen-bond acceptors (Lipinski definition) is 4. The highest BCUT2D eigenvalue weighted by molar-refractivity contribution is 7.99. The molecular formula is C20H16ClN3OS. The van der Waals surface area contributed by atoms with Crippen LogP contribution in [0.2, 0.25) is 0 Å². The van der Waals surface area contributed by atoms with Gasteiger partial charge in [0.05, 0.1) is 16.8 Å². The first-order valence-electron chi connectivity index (χ1n) is 7.99. The zero-order valence-corrected chi connectivity index (χ0v) is 15.4. The van der Waals surface area contributed by atoms with E-state index < -0.39 is 0 Å². The predicted octanol–water partition coefficient (Wildman–Crippen LogP) is 4.20. The Bertz CT molecular complexity index is 1040. The summed E-state index contributed by atoms with van der Waals surface area (Å²) in [6.07, 6.45) is 0. The minimum Gasteiger partial charge on any atom is -0.329 e. The van der Waals surface area contributed by atoms with Gasteiger partial charge in [-0.15, -0.1) is 12.4 Å². The highest BCUT2D eigenvalue weighted by Gasteiger charge is 2.29. The highest BCUT2D eigenvalue weighted by Crippen LogP contribution is 2.45. The van der Waals surface area contributed by atoms with Crippen LogP contribution in [0.5, 0.6) is 0 Å². The number of carbonyl (C=O) groups is 1. The van der Waals surface area contributed by atoms with Crippen LogP contribution in [0.1, 0.15) is 15.9 Å². The molecule has 1 aliphatic heterocycles. The molecule has 6 heteroatoms. The second-order valence-electron chi connectivity index (χ2n) is 5.78. The third-order valence-electron chi connectivity index (χ3n) is 4.31. The first-order chi connectivity index (χ1) is 12.2. The molecule has 0 atom stereocenters. The number of hydrogen-bond donors (Lipinski definition) is 1. The molecule has 1 heterocycles. The number of halogens is 1. The summed E-state index contributed by atoms with van der Waals surface area (Å²) in [5.74, 6) is -0.111. The van der Waals surface area contributed by atoms with Gasteiger partial charge in [0.15, 0.2) is 0 Å². The van der Waals surface area contributed by atoms with E-state index in [1.165, 1.54) is 0 Å². The van der Waals surface area contributed by atoms with Gasteiger partial charge in [-0.2, -0.15) is 5.26 Å². The van der Waals surface area contributed by atoms with E-state index in [0.29, 0.717) is 29.9 Å². The quantitative estimate of drug-likeness (QED) is 0.722. The molecule has 4 nitrogen and oxygen atoms in total. The van der Waals surface area contributed by atoms with E-state index >= 15 is 0 Å². The van der Waals surface area contributed by atoms with E-state index in [-0.39, 0.29) is 18.3 Å². The number of benzene rings is 3. The fourth-order valence-corrected chi connectivity index (χ4v) is 4.44. The largest absolute Gasteiger partial charge is 0.329 e. The van der Waals surface area contributed by atoms with Crippen molar-refractivity contribution in [3.63, 3.8) is 0 Å². The summed E-state index contributed by atoms with van der Waals surface area (Å²) in [5.41, 5.74) is 7.55. The van der Waals surface area contributed by atoms with Crippen molar-refractivity contribution in [3.05, 3.63) is 65.7 Å². The Morgan fingerprint density at radius 1 is 1.08 bits per heavy atom. The first-order valence-corrected chi connectivity index (χ1v) is 8.81. The number of nitrogens with zero attached hydrogens (tertiary/aromatic N) is 2. The molecule has 0 unspecified atom stereocenters. The molecule has 0 bridgehead atoms. The molecule has 0 spiro atoms. The first kappa shape index (κ1) is 18.3. The maximum Gasteiger partial charge on any atom is 0.259 e. The van der Waals surface area contributed by atoms with Crippen molar-refractivity contribution >= 4 is 46.5 Å². The van der Waals surface area contributed by atoms with Crippen molar-refractivity contribution in [3.8, 4) is 6.07 Å². The average molecular weight is 382 g/mol. The summed E-state index contributed by atoms with van der Waals surface area (Å²) < 4.78 is 0. The van der Waals surface area contributed by atoms with Gasteiger partial charge in [0.25, 0.3) is 5.91 Å². The van der Waals surface area contributed by atoms with Gasteiger partial charge in [-0.25, -0.2) is 0 Å². The number of anilines is 1. The molecule has 3 aromatic carbocycles. The van der Waals surface area contributed by atoms with Crippen molar-refractivity contribution in [2.24, 2.45) is 5.73 Å². The summed E-state index contributed by atoms with van der Waals surface area (Å²) >= 11 is 1.54. The smallest absolute Gasteiger partial charge is 0.259 e. The molecule has 0 fully saturated rings. The second kappa shape index (κ2) is 7.38. The molecule has 0 saturated heterocycles. The van der Waals surface area contributed by atoms with Crippen LogP contribution in [0.15, 0.2) is 64.4 Å². The zero-order valence-electron chi connectivity index (χ0n) is 13.8. The molecule has 26 heavy (non-hydrogen) atoms. The van der Waals surface area contributed by atoms with Crippen molar-refractivity contribution in [2.75, 3.05) is 18.0 Å². The summed E-state index contributed by atoms with van der Waals surface area (Å²) in [7, 11) is 0. The van der Waals surface area contributed by atoms with Crippen LogP contribution in [0, 0.1) is 11.3 Å². The van der Waals surface area contributed by atoms with Crippen LogP contribution in [-0.4, -0.2) is 19.0 Å². The second-order valence-corrected chi connectivity index (χ2v) is 6.83. The van der Waals surface area contributed by atoms with Crippen LogP contribution >= 0.6 is 24.2 Å². The molecule has 3 aromatic rings. The molecular weight excluding hydrogens is 366 g/mol. The van der Waals surface area contributed by atoms with Crippen molar-refractivity contribution in [1.82, 2.24) is 0 Å². The number of rotatable bonds is 2. The topological polar surface area (TPSA) is 70.1 Å². The average Bonchev–Trinajstić information content (AvgIpc) is 2.77. The van der Waals surface area contributed by atoms with Crippen molar-refractivity contribution in [2.45, 2.75) is 9.79 Å². The summed E-state index contributed by atoms with van der Waals surface area (Å²) in [6.45, 7) is 0.704. The number of nitriles is 1. The lowest BCUT2D eigenvalue weighted by molar-refractivity contribution is 0.0985. The van der Waals surface area contributed by atoms with E-state index in [4.69, 9.17) is 5.73 Å². The van der Waals surface area contributed by atoms with E-state index in [0.717, 1.165) is 20.6 Å². The Kier molecular flexibility index (Phi) is 5.19. The van der Waals surface area contributed by atoms with Crippen LogP contribution in [0.25, 0.3) is 10.8 Å². The predicted molar refractivity (Wildman–Crippen MR) is 107 cm³/mol. The normalized spacial score (nSPS) is 12.6. The van der Waals surface area contributed by atoms with Gasteiger partial charge >= 0.3 is 0 Å². The molecule has 1 aliphatic rings. The van der Waals surface area contributed by atoms with Gasteiger partial charge < -0.3 is 10.6 Å². The lowest BCUT2D eigenvalue weighted by Crippen LogP contribution is -2.35. The fourth-order valence-electron chi connectivity index (χ4n) is 3.19. The number of carbonyl (C=O) groups excluding carboxylic acids is 1. The number of fused-ring (bicyclic) bond motifs is 4. The molecule has 0 saturated carbocycles. The third-order valence-corrected chi connectivity index (χ3v) is 5.50. The Balaban J connectivity index is 0.00000196. The SMILES string of the molecule is Cl.N#Cc1cccc2c1N(CCN)C(=O)c1ccc3ccccc3c1S2. The number of nitrogens with two attached hydrogens (primary N) is 1. The molecule has 0 radical (unpaired) electrons. The molecule has 0 aromatic heterocycles. The minimum absolute atomic E-state index is 0. The molecule has 4 rings (SSSR count). The van der Waals surface area contributed by atoms with Gasteiger partial charge in [-0.05, 0) is 29.0 Å². The van der Waals surface area contributed by atoms with Gasteiger partial charge in [0.1, 0.15) is 6.07 Å². The molecule has 0 aliphatic carbocycles. The minimum atomic E-state index is -0.111. The number of para-hydroxylation sites is 1. The van der Waals surface area contributed by atoms with Gasteiger partial charge in [0, 0.05) is 22.9 Å². The Morgan fingerprint density at radius 3 is 2.65 bits per heavy atom. The van der Waals surface area contributed by atoms with E-state index in [9.17, 15) is 10.1 Å². The summed E-state index contributed by atoms with van der Waals surface area (Å²) in [4.78, 5) is 16.7. The van der Waals surface area contributed by atoms with Crippen LogP contribution in [-0.2, 0) is 0 Å². The van der Waals surface area contributed by atoms with E-state index in [1.54, 1.807) is 22.7 Å². The van der Waals surface area contributed by atoms with Crippen molar-refractivity contribution in [1.29, 1.82) is 5.26 Å². The highest BCUT2D eigenvalue weighted by atomic mass is 35.5. The zero-order chi connectivity index (χ0) is 17.4. The van der Waals surface area contributed by atoms with Gasteiger partial charge in [-0.1, -0.05) is 48.2 Å². The lowest BCUT2D eigenvalue weighted by atomic mass is 10.1.